The van der Waals surface area contributed by atoms with Crippen LogP contribution in [-0.2, 0) is 14.3 Å². The normalized spacial score (nSPS) is 17.0. The first-order chi connectivity index (χ1) is 9.35. The topological polar surface area (TPSA) is 76.1 Å². The van der Waals surface area contributed by atoms with Crippen LogP contribution in [0.15, 0.2) is 18.2 Å². The van der Waals surface area contributed by atoms with Crippen LogP contribution in [0.1, 0.15) is 6.92 Å². The van der Waals surface area contributed by atoms with Crippen molar-refractivity contribution in [3.05, 3.63) is 23.2 Å². The average Bonchev–Trinajstić information content (AvgIpc) is 2.41. The van der Waals surface area contributed by atoms with Gasteiger partial charge in [-0.15, -0.1) is 0 Å². The maximum absolute atomic E-state index is 12.0. The van der Waals surface area contributed by atoms with Crippen LogP contribution >= 0.6 is 11.6 Å². The highest BCUT2D eigenvalue weighted by molar-refractivity contribution is 6.31. The summed E-state index contributed by atoms with van der Waals surface area (Å²) in [5, 5.41) is 10.5. The van der Waals surface area contributed by atoms with Gasteiger partial charge in [0.1, 0.15) is 5.75 Å². The van der Waals surface area contributed by atoms with E-state index in [4.69, 9.17) is 16.3 Å². The van der Waals surface area contributed by atoms with E-state index < -0.39 is 11.6 Å². The number of hydrogen-bond acceptors (Lipinski definition) is 5. The van der Waals surface area contributed by atoms with Crippen molar-refractivity contribution in [2.75, 3.05) is 25.2 Å². The molecule has 0 fully saturated rings. The molecule has 1 amide bonds. The first-order valence-corrected chi connectivity index (χ1v) is 6.26. The molecule has 6 nitrogen and oxygen atoms in total. The number of ether oxygens (including phenoxy) is 2. The molecule has 0 saturated heterocycles. The fraction of sp³-hybridized carbons (Fsp3) is 0.385. The van der Waals surface area contributed by atoms with Crippen molar-refractivity contribution in [1.82, 2.24) is 0 Å². The van der Waals surface area contributed by atoms with Gasteiger partial charge in [-0.05, 0) is 25.1 Å². The minimum atomic E-state index is -1.82. The zero-order valence-corrected chi connectivity index (χ0v) is 11.8. The monoisotopic (exact) mass is 299 g/mol. The van der Waals surface area contributed by atoms with Crippen molar-refractivity contribution in [3.63, 3.8) is 0 Å². The molecule has 0 radical (unpaired) electrons. The van der Waals surface area contributed by atoms with Crippen LogP contribution in [0, 0.1) is 0 Å². The first-order valence-electron chi connectivity index (χ1n) is 5.88. The number of halogens is 1. The predicted octanol–water partition coefficient (Wildman–Crippen LogP) is 0.989. The van der Waals surface area contributed by atoms with Gasteiger partial charge in [-0.3, -0.25) is 4.79 Å². The molecule has 1 unspecified atom stereocenters. The van der Waals surface area contributed by atoms with E-state index in [2.05, 4.69) is 4.74 Å². The van der Waals surface area contributed by atoms with Crippen molar-refractivity contribution in [1.29, 1.82) is 0 Å². The number of carbonyl (C=O) groups excluding carboxylic acids is 2. The maximum atomic E-state index is 12.0. The molecule has 1 aromatic carbocycles. The second-order valence-corrected chi connectivity index (χ2v) is 5.08. The summed E-state index contributed by atoms with van der Waals surface area (Å²) in [5.74, 6) is -0.723. The SMILES string of the molecule is COC(=O)C(C)(O)CN1C(=O)COc2ccc(Cl)cc21. The molecule has 20 heavy (non-hydrogen) atoms. The number of benzene rings is 1. The number of methoxy groups -OCH3 is 1. The van der Waals surface area contributed by atoms with E-state index in [0.717, 1.165) is 0 Å². The summed E-state index contributed by atoms with van der Waals surface area (Å²) in [6.07, 6.45) is 0. The van der Waals surface area contributed by atoms with Gasteiger partial charge in [0.25, 0.3) is 5.91 Å². The molecule has 1 heterocycles. The van der Waals surface area contributed by atoms with E-state index in [0.29, 0.717) is 16.5 Å². The van der Waals surface area contributed by atoms with Crippen molar-refractivity contribution in [2.24, 2.45) is 0 Å². The van der Waals surface area contributed by atoms with Crippen LogP contribution in [0.25, 0.3) is 0 Å². The van der Waals surface area contributed by atoms with E-state index in [1.54, 1.807) is 18.2 Å². The lowest BCUT2D eigenvalue weighted by Gasteiger charge is -2.33. The zero-order chi connectivity index (χ0) is 14.9. The minimum Gasteiger partial charge on any atom is -0.482 e. The van der Waals surface area contributed by atoms with Gasteiger partial charge < -0.3 is 19.5 Å². The largest absolute Gasteiger partial charge is 0.482 e. The Morgan fingerprint density at radius 1 is 1.60 bits per heavy atom. The molecule has 0 bridgehead atoms. The Kier molecular flexibility index (Phi) is 3.87. The number of nitrogens with zero attached hydrogens (tertiary/aromatic N) is 1. The lowest BCUT2D eigenvalue weighted by Crippen LogP contribution is -2.51. The number of fused-ring (bicyclic) bond motifs is 1. The predicted molar refractivity (Wildman–Crippen MR) is 71.9 cm³/mol. The standard InChI is InChI=1S/C13H14ClNO5/c1-13(18,12(17)19-2)7-15-9-5-8(14)3-4-10(9)20-6-11(15)16/h3-5,18H,6-7H2,1-2H3. The highest BCUT2D eigenvalue weighted by Crippen LogP contribution is 2.35. The number of hydrogen-bond donors (Lipinski definition) is 1. The van der Waals surface area contributed by atoms with Gasteiger partial charge in [0.05, 0.1) is 19.3 Å². The van der Waals surface area contributed by atoms with Crippen LogP contribution in [-0.4, -0.2) is 42.8 Å². The van der Waals surface area contributed by atoms with Crippen LogP contribution in [0.4, 0.5) is 5.69 Å². The molecule has 7 heteroatoms. The number of amides is 1. The first kappa shape index (κ1) is 14.6. The van der Waals surface area contributed by atoms with E-state index in [1.165, 1.54) is 18.9 Å². The van der Waals surface area contributed by atoms with Crippen LogP contribution in [0.2, 0.25) is 5.02 Å². The van der Waals surface area contributed by atoms with Crippen LogP contribution in [0.5, 0.6) is 5.75 Å². The molecule has 1 aliphatic heterocycles. The van der Waals surface area contributed by atoms with Crippen molar-refractivity contribution in [3.8, 4) is 5.75 Å². The Morgan fingerprint density at radius 2 is 2.30 bits per heavy atom. The lowest BCUT2D eigenvalue weighted by atomic mass is 10.1. The Hall–Kier alpha value is -1.79. The zero-order valence-electron chi connectivity index (χ0n) is 11.1. The van der Waals surface area contributed by atoms with E-state index in [9.17, 15) is 14.7 Å². The third-order valence-electron chi connectivity index (χ3n) is 2.96. The van der Waals surface area contributed by atoms with Gasteiger partial charge in [-0.25, -0.2) is 4.79 Å². The summed E-state index contributed by atoms with van der Waals surface area (Å²) >= 11 is 5.90. The number of carbonyl (C=O) groups is 2. The fourth-order valence-electron chi connectivity index (χ4n) is 1.94. The molecule has 0 saturated carbocycles. The smallest absolute Gasteiger partial charge is 0.339 e. The molecular formula is C13H14ClNO5. The molecule has 1 atom stereocenters. The third kappa shape index (κ3) is 2.71. The van der Waals surface area contributed by atoms with Crippen LogP contribution < -0.4 is 9.64 Å². The van der Waals surface area contributed by atoms with Gasteiger partial charge in [0, 0.05) is 5.02 Å². The summed E-state index contributed by atoms with van der Waals surface area (Å²) in [7, 11) is 1.17. The molecular weight excluding hydrogens is 286 g/mol. The van der Waals surface area contributed by atoms with Crippen molar-refractivity contribution >= 4 is 29.2 Å². The molecule has 0 aliphatic carbocycles. The molecule has 1 aliphatic rings. The fourth-order valence-corrected chi connectivity index (χ4v) is 2.11. The Morgan fingerprint density at radius 3 is 2.95 bits per heavy atom. The van der Waals surface area contributed by atoms with Crippen molar-refractivity contribution in [2.45, 2.75) is 12.5 Å². The quantitative estimate of drug-likeness (QED) is 0.842. The number of aliphatic hydroxyl groups is 1. The minimum absolute atomic E-state index is 0.161. The van der Waals surface area contributed by atoms with Gasteiger partial charge in [0.15, 0.2) is 12.2 Å². The molecule has 1 aromatic rings. The third-order valence-corrected chi connectivity index (χ3v) is 3.19. The van der Waals surface area contributed by atoms with Gasteiger partial charge in [0.2, 0.25) is 0 Å². The van der Waals surface area contributed by atoms with Crippen LogP contribution in [0.3, 0.4) is 0 Å². The van der Waals surface area contributed by atoms with E-state index in [-0.39, 0.29) is 19.1 Å². The molecule has 0 spiro atoms. The number of β-amino-alcohol motifs (C(OH)–C–C–N with tert-alkyl or cyclic N) is 1. The van der Waals surface area contributed by atoms with Crippen molar-refractivity contribution < 1.29 is 24.2 Å². The lowest BCUT2D eigenvalue weighted by molar-refractivity contribution is -0.159. The summed E-state index contributed by atoms with van der Waals surface area (Å²) in [6, 6.07) is 4.80. The molecule has 1 N–H and O–H groups in total. The summed E-state index contributed by atoms with van der Waals surface area (Å²) in [5.41, 5.74) is -1.40. The summed E-state index contributed by atoms with van der Waals surface area (Å²) < 4.78 is 9.79. The van der Waals surface area contributed by atoms with Gasteiger partial charge in [-0.2, -0.15) is 0 Å². The van der Waals surface area contributed by atoms with Gasteiger partial charge >= 0.3 is 5.97 Å². The Bertz CT molecular complexity index is 558. The highest BCUT2D eigenvalue weighted by Gasteiger charge is 2.38. The molecule has 108 valence electrons. The number of rotatable bonds is 3. The average molecular weight is 300 g/mol. The second-order valence-electron chi connectivity index (χ2n) is 4.65. The number of anilines is 1. The summed E-state index contributed by atoms with van der Waals surface area (Å²) in [6.45, 7) is 0.882. The number of esters is 1. The molecule has 2 rings (SSSR count). The maximum Gasteiger partial charge on any atom is 0.339 e. The van der Waals surface area contributed by atoms with E-state index >= 15 is 0 Å². The van der Waals surface area contributed by atoms with E-state index in [1.807, 2.05) is 0 Å². The Balaban J connectivity index is 2.35. The summed E-state index contributed by atoms with van der Waals surface area (Å²) in [4.78, 5) is 24.7. The highest BCUT2D eigenvalue weighted by atomic mass is 35.5. The Labute approximate surface area is 120 Å². The molecule has 0 aromatic heterocycles. The van der Waals surface area contributed by atoms with Gasteiger partial charge in [-0.1, -0.05) is 11.6 Å². The second kappa shape index (κ2) is 5.30.